The molecule has 1 saturated carbocycles. The number of Topliss-reactive ketones (excluding diaryl/α,β-unsaturated/α-hetero) is 1. The van der Waals surface area contributed by atoms with Gasteiger partial charge in [-0.05, 0) is 59.5 Å². The molecule has 0 aromatic heterocycles. The molecule has 1 unspecified atom stereocenters. The van der Waals surface area contributed by atoms with E-state index in [9.17, 15) is 4.79 Å². The van der Waals surface area contributed by atoms with Gasteiger partial charge in [0.15, 0.2) is 0 Å². The summed E-state index contributed by atoms with van der Waals surface area (Å²) in [5.74, 6) is 0.763. The van der Waals surface area contributed by atoms with E-state index in [1.54, 1.807) is 0 Å². The van der Waals surface area contributed by atoms with Crippen LogP contribution in [-0.2, 0) is 11.2 Å². The van der Waals surface area contributed by atoms with Gasteiger partial charge in [0.1, 0.15) is 5.78 Å². The first kappa shape index (κ1) is 11.1. The summed E-state index contributed by atoms with van der Waals surface area (Å²) in [7, 11) is 0. The molecule has 1 aliphatic rings. The van der Waals surface area contributed by atoms with Crippen molar-refractivity contribution in [3.05, 3.63) is 33.4 Å². The third-order valence-electron chi connectivity index (χ3n) is 3.08. The number of hydrogen-bond donors (Lipinski definition) is 0. The van der Waals surface area contributed by atoms with E-state index in [2.05, 4.69) is 46.9 Å². The van der Waals surface area contributed by atoms with E-state index in [0.29, 0.717) is 11.7 Å². The van der Waals surface area contributed by atoms with Gasteiger partial charge >= 0.3 is 0 Å². The van der Waals surface area contributed by atoms with Crippen molar-refractivity contribution in [1.29, 1.82) is 0 Å². The van der Waals surface area contributed by atoms with Crippen LogP contribution in [0.3, 0.4) is 0 Å². The first-order valence-electron chi connectivity index (χ1n) is 5.53. The Bertz CT molecular complexity index is 342. The van der Waals surface area contributed by atoms with Gasteiger partial charge in [-0.25, -0.2) is 0 Å². The maximum Gasteiger partial charge on any atom is 0.136 e. The van der Waals surface area contributed by atoms with Gasteiger partial charge in [0, 0.05) is 15.9 Å². The van der Waals surface area contributed by atoms with Crippen molar-refractivity contribution in [2.45, 2.75) is 32.1 Å². The quantitative estimate of drug-likeness (QED) is 0.763. The summed E-state index contributed by atoms with van der Waals surface area (Å²) < 4.78 is 1.26. The lowest BCUT2D eigenvalue weighted by Gasteiger charge is -2.20. The minimum absolute atomic E-state index is 0.291. The zero-order chi connectivity index (χ0) is 10.7. The molecule has 1 aromatic carbocycles. The molecule has 0 amide bonds. The Hall–Kier alpha value is -0.380. The standard InChI is InChI=1S/C13H15IO/c14-12-7-5-10(6-8-12)9-11-3-1-2-4-13(11)15/h5-8,11H,1-4,9H2. The lowest BCUT2D eigenvalue weighted by molar-refractivity contribution is -0.124. The van der Waals surface area contributed by atoms with Crippen LogP contribution in [0, 0.1) is 9.49 Å². The molecule has 0 saturated heterocycles. The molecule has 15 heavy (non-hydrogen) atoms. The van der Waals surface area contributed by atoms with Gasteiger partial charge < -0.3 is 0 Å². The van der Waals surface area contributed by atoms with E-state index in [4.69, 9.17) is 0 Å². The Morgan fingerprint density at radius 1 is 1.20 bits per heavy atom. The van der Waals surface area contributed by atoms with Crippen LogP contribution in [-0.4, -0.2) is 5.78 Å². The van der Waals surface area contributed by atoms with Gasteiger partial charge in [-0.2, -0.15) is 0 Å². The SMILES string of the molecule is O=C1CCCCC1Cc1ccc(I)cc1. The van der Waals surface area contributed by atoms with Crippen LogP contribution >= 0.6 is 22.6 Å². The highest BCUT2D eigenvalue weighted by atomic mass is 127. The maximum absolute atomic E-state index is 11.7. The summed E-state index contributed by atoms with van der Waals surface area (Å²) in [5, 5.41) is 0. The number of ketones is 1. The molecule has 2 heteroatoms. The third kappa shape index (κ3) is 3.03. The van der Waals surface area contributed by atoms with Crippen molar-refractivity contribution in [2.75, 3.05) is 0 Å². The van der Waals surface area contributed by atoms with Gasteiger partial charge in [0.2, 0.25) is 0 Å². The van der Waals surface area contributed by atoms with E-state index in [1.807, 2.05) is 0 Å². The Kier molecular flexibility index (Phi) is 3.78. The molecule has 0 bridgehead atoms. The second-order valence-electron chi connectivity index (χ2n) is 4.24. The van der Waals surface area contributed by atoms with Gasteiger partial charge in [0.05, 0.1) is 0 Å². The molecule has 1 atom stereocenters. The molecular formula is C13H15IO. The van der Waals surface area contributed by atoms with Crippen molar-refractivity contribution in [3.8, 4) is 0 Å². The second kappa shape index (κ2) is 5.10. The van der Waals surface area contributed by atoms with E-state index in [1.165, 1.54) is 15.6 Å². The first-order valence-corrected chi connectivity index (χ1v) is 6.61. The van der Waals surface area contributed by atoms with Crippen LogP contribution in [0.4, 0.5) is 0 Å². The van der Waals surface area contributed by atoms with Gasteiger partial charge in [-0.15, -0.1) is 0 Å². The predicted molar refractivity (Wildman–Crippen MR) is 69.8 cm³/mol. The molecular weight excluding hydrogens is 299 g/mol. The van der Waals surface area contributed by atoms with Gasteiger partial charge in [-0.1, -0.05) is 18.6 Å². The zero-order valence-electron chi connectivity index (χ0n) is 8.71. The third-order valence-corrected chi connectivity index (χ3v) is 3.80. The van der Waals surface area contributed by atoms with Crippen LogP contribution in [0.2, 0.25) is 0 Å². The molecule has 80 valence electrons. The summed E-state index contributed by atoms with van der Waals surface area (Å²) in [6, 6.07) is 8.51. The monoisotopic (exact) mass is 314 g/mol. The topological polar surface area (TPSA) is 17.1 Å². The van der Waals surface area contributed by atoms with E-state index < -0.39 is 0 Å². The van der Waals surface area contributed by atoms with Crippen molar-refractivity contribution in [1.82, 2.24) is 0 Å². The number of halogens is 1. The van der Waals surface area contributed by atoms with Crippen LogP contribution in [0.5, 0.6) is 0 Å². The molecule has 0 spiro atoms. The molecule has 2 rings (SSSR count). The normalized spacial score (nSPS) is 21.7. The van der Waals surface area contributed by atoms with Crippen molar-refractivity contribution < 1.29 is 4.79 Å². The summed E-state index contributed by atoms with van der Waals surface area (Å²) in [6.07, 6.45) is 5.15. The number of rotatable bonds is 2. The average Bonchev–Trinajstić information content (AvgIpc) is 2.25. The fraction of sp³-hybridized carbons (Fsp3) is 0.462. The Balaban J connectivity index is 2.01. The fourth-order valence-electron chi connectivity index (χ4n) is 2.18. The van der Waals surface area contributed by atoms with Crippen LogP contribution in [0.1, 0.15) is 31.2 Å². The largest absolute Gasteiger partial charge is 0.299 e. The molecule has 0 aliphatic heterocycles. The van der Waals surface area contributed by atoms with Crippen molar-refractivity contribution in [3.63, 3.8) is 0 Å². The highest BCUT2D eigenvalue weighted by Crippen LogP contribution is 2.24. The summed E-state index contributed by atoms with van der Waals surface area (Å²) >= 11 is 2.30. The summed E-state index contributed by atoms with van der Waals surface area (Å²) in [4.78, 5) is 11.7. The van der Waals surface area contributed by atoms with Crippen molar-refractivity contribution >= 4 is 28.4 Å². The Morgan fingerprint density at radius 3 is 2.60 bits per heavy atom. The number of carbonyl (C=O) groups is 1. The van der Waals surface area contributed by atoms with Gasteiger partial charge in [0.25, 0.3) is 0 Å². The molecule has 0 radical (unpaired) electrons. The predicted octanol–water partition coefficient (Wildman–Crippen LogP) is 3.59. The lowest BCUT2D eigenvalue weighted by atomic mass is 9.84. The number of benzene rings is 1. The van der Waals surface area contributed by atoms with E-state index in [0.717, 1.165) is 25.7 Å². The molecule has 1 aromatic rings. The number of carbonyl (C=O) groups excluding carboxylic acids is 1. The first-order chi connectivity index (χ1) is 7.25. The second-order valence-corrected chi connectivity index (χ2v) is 5.49. The van der Waals surface area contributed by atoms with E-state index >= 15 is 0 Å². The van der Waals surface area contributed by atoms with Crippen LogP contribution in [0.15, 0.2) is 24.3 Å². The summed E-state index contributed by atoms with van der Waals surface area (Å²) in [6.45, 7) is 0. The summed E-state index contributed by atoms with van der Waals surface area (Å²) in [5.41, 5.74) is 1.30. The maximum atomic E-state index is 11.7. The van der Waals surface area contributed by atoms with Crippen molar-refractivity contribution in [2.24, 2.45) is 5.92 Å². The minimum Gasteiger partial charge on any atom is -0.299 e. The zero-order valence-corrected chi connectivity index (χ0v) is 10.9. The van der Waals surface area contributed by atoms with Gasteiger partial charge in [-0.3, -0.25) is 4.79 Å². The van der Waals surface area contributed by atoms with Crippen LogP contribution < -0.4 is 0 Å². The van der Waals surface area contributed by atoms with E-state index in [-0.39, 0.29) is 0 Å². The number of hydrogen-bond acceptors (Lipinski definition) is 1. The Morgan fingerprint density at radius 2 is 1.93 bits per heavy atom. The smallest absolute Gasteiger partial charge is 0.136 e. The lowest BCUT2D eigenvalue weighted by Crippen LogP contribution is -2.20. The average molecular weight is 314 g/mol. The molecule has 0 N–H and O–H groups in total. The fourth-order valence-corrected chi connectivity index (χ4v) is 2.54. The Labute approximate surface area is 104 Å². The molecule has 1 fully saturated rings. The van der Waals surface area contributed by atoms with Crippen LogP contribution in [0.25, 0.3) is 0 Å². The highest BCUT2D eigenvalue weighted by Gasteiger charge is 2.21. The highest BCUT2D eigenvalue weighted by molar-refractivity contribution is 14.1. The molecule has 1 aliphatic carbocycles. The minimum atomic E-state index is 0.291. The molecule has 0 heterocycles. The molecule has 1 nitrogen and oxygen atoms in total.